The fourth-order valence-electron chi connectivity index (χ4n) is 1.34. The molecule has 1 unspecified atom stereocenters. The fraction of sp³-hybridized carbons (Fsp3) is 1.00. The molecule has 1 rings (SSSR count). The summed E-state index contributed by atoms with van der Waals surface area (Å²) in [5.74, 6) is 1.88. The Bertz CT molecular complexity index is 276. The summed E-state index contributed by atoms with van der Waals surface area (Å²) in [7, 11) is -1.83. The van der Waals surface area contributed by atoms with Crippen molar-refractivity contribution in [3.05, 3.63) is 0 Å². The summed E-state index contributed by atoms with van der Waals surface area (Å²) in [6, 6.07) is 0.0663. The Balaban J connectivity index is 2.42. The zero-order valence-electron chi connectivity index (χ0n) is 8.85. The van der Waals surface area contributed by atoms with E-state index in [1.807, 2.05) is 0 Å². The van der Waals surface area contributed by atoms with Crippen LogP contribution in [0.3, 0.4) is 0 Å². The molecule has 2 N–H and O–H groups in total. The third-order valence-electron chi connectivity index (χ3n) is 2.29. The Hall–Kier alpha value is 0.180. The van der Waals surface area contributed by atoms with Gasteiger partial charge >= 0.3 is 0 Å². The van der Waals surface area contributed by atoms with Crippen molar-refractivity contribution < 1.29 is 13.5 Å². The second-order valence-electron chi connectivity index (χ2n) is 3.58. The highest BCUT2D eigenvalue weighted by molar-refractivity contribution is 7.99. The molecule has 0 bridgehead atoms. The first kappa shape index (κ1) is 13.2. The van der Waals surface area contributed by atoms with Gasteiger partial charge in [0.2, 0.25) is 0 Å². The van der Waals surface area contributed by atoms with Crippen molar-refractivity contribution >= 4 is 22.0 Å². The minimum Gasteiger partial charge on any atom is -0.396 e. The molecule has 90 valence electrons. The van der Waals surface area contributed by atoms with Crippen molar-refractivity contribution in [1.82, 2.24) is 9.03 Å². The molecule has 0 aromatic carbocycles. The number of nitrogens with one attached hydrogen (secondary N) is 1. The molecule has 1 heterocycles. The van der Waals surface area contributed by atoms with Gasteiger partial charge in [0.25, 0.3) is 10.2 Å². The van der Waals surface area contributed by atoms with E-state index in [9.17, 15) is 8.42 Å². The topological polar surface area (TPSA) is 69.6 Å². The average Bonchev–Trinajstić information content (AvgIpc) is 2.65. The first-order chi connectivity index (χ1) is 7.06. The standard InChI is InChI=1S/C8H18N2O3S2/c1-10(4-2-5-11)15(12,13)9-8-3-6-14-7-8/h8-9,11H,2-7H2,1H3. The van der Waals surface area contributed by atoms with Gasteiger partial charge in [-0.3, -0.25) is 0 Å². The molecule has 0 spiro atoms. The van der Waals surface area contributed by atoms with E-state index in [0.717, 1.165) is 17.9 Å². The molecule has 1 atom stereocenters. The van der Waals surface area contributed by atoms with Crippen molar-refractivity contribution in [1.29, 1.82) is 0 Å². The summed E-state index contributed by atoms with van der Waals surface area (Å²) >= 11 is 1.77. The summed E-state index contributed by atoms with van der Waals surface area (Å²) in [6.45, 7) is 0.366. The molecule has 1 aliphatic rings. The normalized spacial score (nSPS) is 22.5. The highest BCUT2D eigenvalue weighted by atomic mass is 32.2. The van der Waals surface area contributed by atoms with Gasteiger partial charge in [0.15, 0.2) is 0 Å². The van der Waals surface area contributed by atoms with Crippen molar-refractivity contribution in [3.8, 4) is 0 Å². The zero-order chi connectivity index (χ0) is 11.3. The molecule has 15 heavy (non-hydrogen) atoms. The summed E-state index contributed by atoms with van der Waals surface area (Å²) in [6.07, 6.45) is 1.37. The maximum absolute atomic E-state index is 11.7. The van der Waals surface area contributed by atoms with E-state index < -0.39 is 10.2 Å². The first-order valence-corrected chi connectivity index (χ1v) is 7.58. The Labute approximate surface area is 95.4 Å². The largest absolute Gasteiger partial charge is 0.396 e. The molecule has 1 fully saturated rings. The van der Waals surface area contributed by atoms with Gasteiger partial charge in [0.1, 0.15) is 0 Å². The zero-order valence-corrected chi connectivity index (χ0v) is 10.5. The Morgan fingerprint density at radius 3 is 2.87 bits per heavy atom. The van der Waals surface area contributed by atoms with Gasteiger partial charge in [0.05, 0.1) is 0 Å². The van der Waals surface area contributed by atoms with Crippen LogP contribution in [0.4, 0.5) is 0 Å². The lowest BCUT2D eigenvalue weighted by atomic mass is 10.3. The van der Waals surface area contributed by atoms with E-state index in [4.69, 9.17) is 5.11 Å². The van der Waals surface area contributed by atoms with Gasteiger partial charge in [0, 0.05) is 32.0 Å². The van der Waals surface area contributed by atoms with Crippen LogP contribution in [0, 0.1) is 0 Å². The van der Waals surface area contributed by atoms with Crippen LogP contribution in [0.5, 0.6) is 0 Å². The van der Waals surface area contributed by atoms with Crippen LogP contribution in [0.1, 0.15) is 12.8 Å². The number of aliphatic hydroxyl groups excluding tert-OH is 1. The van der Waals surface area contributed by atoms with Crippen LogP contribution in [0.2, 0.25) is 0 Å². The smallest absolute Gasteiger partial charge is 0.279 e. The van der Waals surface area contributed by atoms with E-state index in [1.165, 1.54) is 11.4 Å². The van der Waals surface area contributed by atoms with Gasteiger partial charge in [-0.25, -0.2) is 0 Å². The molecule has 0 radical (unpaired) electrons. The third kappa shape index (κ3) is 4.28. The van der Waals surface area contributed by atoms with Crippen LogP contribution in [0.25, 0.3) is 0 Å². The van der Waals surface area contributed by atoms with Crippen LogP contribution < -0.4 is 4.72 Å². The number of aliphatic hydroxyl groups is 1. The van der Waals surface area contributed by atoms with E-state index >= 15 is 0 Å². The van der Waals surface area contributed by atoms with Crippen LogP contribution in [-0.2, 0) is 10.2 Å². The maximum atomic E-state index is 11.7. The number of hydrogen-bond acceptors (Lipinski definition) is 4. The predicted molar refractivity (Wildman–Crippen MR) is 62.1 cm³/mol. The van der Waals surface area contributed by atoms with Crippen LogP contribution in [-0.4, -0.2) is 55.6 Å². The average molecular weight is 254 g/mol. The summed E-state index contributed by atoms with van der Waals surface area (Å²) in [4.78, 5) is 0. The van der Waals surface area contributed by atoms with Gasteiger partial charge in [-0.1, -0.05) is 0 Å². The second-order valence-corrected chi connectivity index (χ2v) is 6.54. The van der Waals surface area contributed by atoms with Crippen LogP contribution in [0.15, 0.2) is 0 Å². The number of hydrogen-bond donors (Lipinski definition) is 2. The van der Waals surface area contributed by atoms with E-state index in [1.54, 1.807) is 11.8 Å². The molecule has 1 aliphatic heterocycles. The molecule has 1 saturated heterocycles. The summed E-state index contributed by atoms with van der Waals surface area (Å²) < 4.78 is 27.3. The molecular formula is C8H18N2O3S2. The summed E-state index contributed by atoms with van der Waals surface area (Å²) in [5.41, 5.74) is 0. The highest BCUT2D eigenvalue weighted by Crippen LogP contribution is 2.18. The summed E-state index contributed by atoms with van der Waals surface area (Å²) in [5, 5.41) is 8.62. The number of nitrogens with zero attached hydrogens (tertiary/aromatic N) is 1. The molecule has 0 aromatic rings. The Kier molecular flexibility index (Phi) is 5.34. The number of rotatable bonds is 6. The van der Waals surface area contributed by atoms with Crippen molar-refractivity contribution in [2.45, 2.75) is 18.9 Å². The number of thioether (sulfide) groups is 1. The Morgan fingerprint density at radius 2 is 2.33 bits per heavy atom. The quantitative estimate of drug-likeness (QED) is 0.679. The lowest BCUT2D eigenvalue weighted by Gasteiger charge is -2.19. The Morgan fingerprint density at radius 1 is 1.60 bits per heavy atom. The minimum absolute atomic E-state index is 0.0130. The van der Waals surface area contributed by atoms with E-state index in [0.29, 0.717) is 13.0 Å². The SMILES string of the molecule is CN(CCCO)S(=O)(=O)NC1CCSC1. The van der Waals surface area contributed by atoms with E-state index in [2.05, 4.69) is 4.72 Å². The molecule has 0 aromatic heterocycles. The van der Waals surface area contributed by atoms with E-state index in [-0.39, 0.29) is 12.6 Å². The van der Waals surface area contributed by atoms with Crippen molar-refractivity contribution in [2.75, 3.05) is 31.7 Å². The van der Waals surface area contributed by atoms with Gasteiger partial charge < -0.3 is 5.11 Å². The second kappa shape index (κ2) is 6.05. The molecular weight excluding hydrogens is 236 g/mol. The fourth-order valence-corrected chi connectivity index (χ4v) is 3.77. The van der Waals surface area contributed by atoms with Crippen molar-refractivity contribution in [3.63, 3.8) is 0 Å². The third-order valence-corrected chi connectivity index (χ3v) is 5.08. The molecule has 0 aliphatic carbocycles. The molecule has 0 amide bonds. The van der Waals surface area contributed by atoms with Crippen LogP contribution >= 0.6 is 11.8 Å². The molecule has 7 heteroatoms. The van der Waals surface area contributed by atoms with Gasteiger partial charge in [-0.05, 0) is 18.6 Å². The van der Waals surface area contributed by atoms with Crippen molar-refractivity contribution in [2.24, 2.45) is 0 Å². The van der Waals surface area contributed by atoms with Gasteiger partial charge in [-0.15, -0.1) is 0 Å². The van der Waals surface area contributed by atoms with Gasteiger partial charge in [-0.2, -0.15) is 29.2 Å². The lowest BCUT2D eigenvalue weighted by Crippen LogP contribution is -2.44. The highest BCUT2D eigenvalue weighted by Gasteiger charge is 2.24. The predicted octanol–water partition coefficient (Wildman–Crippen LogP) is -0.359. The lowest BCUT2D eigenvalue weighted by molar-refractivity contribution is 0.275. The minimum atomic E-state index is -3.36. The maximum Gasteiger partial charge on any atom is 0.279 e. The molecule has 5 nitrogen and oxygen atoms in total. The molecule has 0 saturated carbocycles. The monoisotopic (exact) mass is 254 g/mol. The first-order valence-electron chi connectivity index (χ1n) is 4.98.